The van der Waals surface area contributed by atoms with E-state index in [0.29, 0.717) is 5.92 Å². The van der Waals surface area contributed by atoms with E-state index >= 15 is 0 Å². The molecule has 1 N–H and O–H groups in total. The third-order valence-electron chi connectivity index (χ3n) is 1.46. The normalized spacial score (nSPS) is 14.6. The predicted molar refractivity (Wildman–Crippen MR) is 58.2 cm³/mol. The van der Waals surface area contributed by atoms with Crippen molar-refractivity contribution >= 4 is 17.7 Å². The van der Waals surface area contributed by atoms with Crippen LogP contribution in [0, 0.1) is 5.92 Å². The minimum atomic E-state index is -0.686. The predicted octanol–water partition coefficient (Wildman–Crippen LogP) is 3.02. The van der Waals surface area contributed by atoms with Crippen LogP contribution in [-0.4, -0.2) is 21.1 Å². The van der Waals surface area contributed by atoms with Gasteiger partial charge in [-0.2, -0.15) is 0 Å². The third-order valence-corrected chi connectivity index (χ3v) is 2.84. The van der Waals surface area contributed by atoms with Crippen molar-refractivity contribution in [2.45, 2.75) is 51.0 Å². The van der Waals surface area contributed by atoms with Gasteiger partial charge in [0.2, 0.25) is 0 Å². The first-order chi connectivity index (χ1) is 5.72. The molecule has 0 aliphatic heterocycles. The summed E-state index contributed by atoms with van der Waals surface area (Å²) in [7, 11) is 0. The van der Waals surface area contributed by atoms with Gasteiger partial charge in [0.1, 0.15) is 5.25 Å². The van der Waals surface area contributed by atoms with Crippen molar-refractivity contribution in [1.29, 1.82) is 0 Å². The van der Waals surface area contributed by atoms with Gasteiger partial charge in [-0.05, 0) is 12.3 Å². The van der Waals surface area contributed by atoms with E-state index in [1.807, 2.05) is 20.8 Å². The Morgan fingerprint density at radius 3 is 2.08 bits per heavy atom. The average Bonchev–Trinajstić information content (AvgIpc) is 1.81. The summed E-state index contributed by atoms with van der Waals surface area (Å²) in [6, 6.07) is 0. The molecule has 0 aliphatic rings. The van der Waals surface area contributed by atoms with Gasteiger partial charge in [0, 0.05) is 4.75 Å². The fourth-order valence-corrected chi connectivity index (χ4v) is 2.49. The quantitative estimate of drug-likeness (QED) is 0.765. The first kappa shape index (κ1) is 12.8. The lowest BCUT2D eigenvalue weighted by Gasteiger charge is -2.23. The molecule has 1 atom stereocenters. The average molecular weight is 204 g/mol. The Hall–Kier alpha value is -0.180. The van der Waals surface area contributed by atoms with Gasteiger partial charge in [0.05, 0.1) is 0 Å². The maximum atomic E-state index is 10.9. The van der Waals surface area contributed by atoms with Gasteiger partial charge in [0.25, 0.3) is 0 Å². The molecule has 0 unspecified atom stereocenters. The van der Waals surface area contributed by atoms with E-state index in [-0.39, 0.29) is 10.00 Å². The molecule has 0 spiro atoms. The molecule has 0 bridgehead atoms. The Labute approximate surface area is 85.1 Å². The van der Waals surface area contributed by atoms with Crippen molar-refractivity contribution in [2.24, 2.45) is 5.92 Å². The Kier molecular flexibility index (Phi) is 4.82. The maximum Gasteiger partial charge on any atom is 0.316 e. The van der Waals surface area contributed by atoms with E-state index in [1.54, 1.807) is 0 Å². The van der Waals surface area contributed by atoms with Crippen molar-refractivity contribution in [3.8, 4) is 0 Å². The van der Waals surface area contributed by atoms with Crippen molar-refractivity contribution in [3.05, 3.63) is 0 Å². The lowest BCUT2D eigenvalue weighted by Crippen LogP contribution is -2.24. The van der Waals surface area contributed by atoms with Crippen LogP contribution < -0.4 is 0 Å². The zero-order chi connectivity index (χ0) is 10.6. The molecule has 0 heterocycles. The molecule has 0 aromatic carbocycles. The highest BCUT2D eigenvalue weighted by molar-refractivity contribution is 8.01. The number of carbonyl (C=O) groups is 1. The van der Waals surface area contributed by atoms with Crippen LogP contribution in [-0.2, 0) is 4.79 Å². The highest BCUT2D eigenvalue weighted by Crippen LogP contribution is 2.31. The molecule has 0 amide bonds. The van der Waals surface area contributed by atoms with E-state index in [0.717, 1.165) is 6.42 Å². The zero-order valence-electron chi connectivity index (χ0n) is 9.13. The molecule has 2 nitrogen and oxygen atoms in total. The van der Waals surface area contributed by atoms with Crippen molar-refractivity contribution < 1.29 is 9.90 Å². The lowest BCUT2D eigenvalue weighted by atomic mass is 10.1. The number of rotatable bonds is 4. The summed E-state index contributed by atoms with van der Waals surface area (Å²) in [4.78, 5) is 10.9. The first-order valence-corrected chi connectivity index (χ1v) is 5.51. The minimum absolute atomic E-state index is 0.0257. The second kappa shape index (κ2) is 4.89. The second-order valence-corrected chi connectivity index (χ2v) is 6.72. The molecule has 0 saturated carbocycles. The van der Waals surface area contributed by atoms with Gasteiger partial charge in [-0.1, -0.05) is 34.6 Å². The van der Waals surface area contributed by atoms with Gasteiger partial charge in [-0.15, -0.1) is 11.8 Å². The van der Waals surface area contributed by atoms with Gasteiger partial charge in [-0.25, -0.2) is 0 Å². The molecular weight excluding hydrogens is 184 g/mol. The summed E-state index contributed by atoms with van der Waals surface area (Å²) in [5.74, 6) is -0.246. The van der Waals surface area contributed by atoms with E-state index in [4.69, 9.17) is 5.11 Å². The summed E-state index contributed by atoms with van der Waals surface area (Å²) >= 11 is 1.54. The Bertz CT molecular complexity index is 170. The summed E-state index contributed by atoms with van der Waals surface area (Å²) in [6.07, 6.45) is 0.747. The topological polar surface area (TPSA) is 37.3 Å². The number of aliphatic carboxylic acids is 1. The largest absolute Gasteiger partial charge is 0.480 e. The van der Waals surface area contributed by atoms with E-state index < -0.39 is 5.97 Å². The van der Waals surface area contributed by atoms with Crippen LogP contribution in [0.1, 0.15) is 41.0 Å². The number of hydrogen-bond acceptors (Lipinski definition) is 2. The SMILES string of the molecule is CC(C)C[C@@H](SC(C)(C)C)C(=O)O. The zero-order valence-corrected chi connectivity index (χ0v) is 9.94. The third kappa shape index (κ3) is 6.94. The van der Waals surface area contributed by atoms with Crippen LogP contribution in [0.15, 0.2) is 0 Å². The number of carboxylic acids is 1. The monoisotopic (exact) mass is 204 g/mol. The van der Waals surface area contributed by atoms with Gasteiger partial charge < -0.3 is 5.11 Å². The van der Waals surface area contributed by atoms with Crippen LogP contribution in [0.3, 0.4) is 0 Å². The molecule has 78 valence electrons. The molecule has 0 saturated heterocycles. The van der Waals surface area contributed by atoms with Crippen molar-refractivity contribution in [3.63, 3.8) is 0 Å². The van der Waals surface area contributed by atoms with Crippen LogP contribution in [0.5, 0.6) is 0 Å². The highest BCUT2D eigenvalue weighted by atomic mass is 32.2. The van der Waals surface area contributed by atoms with Crippen LogP contribution in [0.2, 0.25) is 0 Å². The fraction of sp³-hybridized carbons (Fsp3) is 0.900. The van der Waals surface area contributed by atoms with Gasteiger partial charge >= 0.3 is 5.97 Å². The summed E-state index contributed by atoms with van der Waals surface area (Å²) in [5.41, 5.74) is 0. The minimum Gasteiger partial charge on any atom is -0.480 e. The van der Waals surface area contributed by atoms with Gasteiger partial charge in [0.15, 0.2) is 0 Å². The summed E-state index contributed by atoms with van der Waals surface area (Å²) < 4.78 is 0.0257. The second-order valence-electron chi connectivity index (χ2n) is 4.69. The summed E-state index contributed by atoms with van der Waals surface area (Å²) in [5, 5.41) is 8.70. The standard InChI is InChI=1S/C10H20O2S/c1-7(2)6-8(9(11)12)13-10(3,4)5/h7-8H,6H2,1-5H3,(H,11,12)/t8-/m1/s1. The Balaban J connectivity index is 4.19. The Morgan fingerprint density at radius 2 is 1.85 bits per heavy atom. The molecule has 3 heteroatoms. The van der Waals surface area contributed by atoms with Crippen LogP contribution in [0.4, 0.5) is 0 Å². The van der Waals surface area contributed by atoms with Crippen LogP contribution >= 0.6 is 11.8 Å². The Morgan fingerprint density at radius 1 is 1.38 bits per heavy atom. The number of thioether (sulfide) groups is 1. The summed E-state index contributed by atoms with van der Waals surface area (Å²) in [6.45, 7) is 10.3. The highest BCUT2D eigenvalue weighted by Gasteiger charge is 2.25. The number of carboxylic acid groups (broad SMARTS) is 1. The number of hydrogen-bond donors (Lipinski definition) is 1. The first-order valence-electron chi connectivity index (χ1n) is 4.63. The van der Waals surface area contributed by atoms with E-state index in [9.17, 15) is 4.79 Å². The smallest absolute Gasteiger partial charge is 0.316 e. The molecule has 0 aromatic heterocycles. The molecular formula is C10H20O2S. The lowest BCUT2D eigenvalue weighted by molar-refractivity contribution is -0.136. The van der Waals surface area contributed by atoms with E-state index in [2.05, 4.69) is 13.8 Å². The van der Waals surface area contributed by atoms with Crippen LogP contribution in [0.25, 0.3) is 0 Å². The maximum absolute atomic E-state index is 10.9. The van der Waals surface area contributed by atoms with E-state index in [1.165, 1.54) is 11.8 Å². The molecule has 0 aliphatic carbocycles. The van der Waals surface area contributed by atoms with Crippen molar-refractivity contribution in [2.75, 3.05) is 0 Å². The molecule has 13 heavy (non-hydrogen) atoms. The van der Waals surface area contributed by atoms with Crippen molar-refractivity contribution in [1.82, 2.24) is 0 Å². The fourth-order valence-electron chi connectivity index (χ4n) is 1.05. The van der Waals surface area contributed by atoms with Gasteiger partial charge in [-0.3, -0.25) is 4.79 Å². The molecule has 0 fully saturated rings. The molecule has 0 aromatic rings. The molecule has 0 rings (SSSR count). The molecule has 0 radical (unpaired) electrons.